The van der Waals surface area contributed by atoms with Gasteiger partial charge in [-0.05, 0) is 25.7 Å². The maximum Gasteiger partial charge on any atom is 0.243 e. The van der Waals surface area contributed by atoms with Crippen molar-refractivity contribution < 1.29 is 0 Å². The van der Waals surface area contributed by atoms with Gasteiger partial charge < -0.3 is 9.80 Å². The molecule has 2 heterocycles. The first-order valence-corrected chi connectivity index (χ1v) is 7.48. The lowest BCUT2D eigenvalue weighted by Gasteiger charge is -2.25. The highest BCUT2D eigenvalue weighted by atomic mass is 15.4. The second-order valence-corrected chi connectivity index (χ2v) is 5.65. The fourth-order valence-electron chi connectivity index (χ4n) is 3.09. The van der Waals surface area contributed by atoms with Gasteiger partial charge in [0.05, 0.1) is 0 Å². The zero-order valence-electron chi connectivity index (χ0n) is 12.0. The van der Waals surface area contributed by atoms with Crippen molar-refractivity contribution in [3.63, 3.8) is 0 Å². The molecule has 0 unspecified atom stereocenters. The molecule has 0 bridgehead atoms. The van der Waals surface area contributed by atoms with Crippen LogP contribution in [0.5, 0.6) is 0 Å². The first kappa shape index (κ1) is 13.4. The number of aromatic nitrogens is 3. The summed E-state index contributed by atoms with van der Waals surface area (Å²) in [6.45, 7) is 2.03. The van der Waals surface area contributed by atoms with Crippen LogP contribution in [0.1, 0.15) is 38.5 Å². The summed E-state index contributed by atoms with van der Waals surface area (Å²) < 4.78 is 0. The minimum absolute atomic E-state index is 0.446. The Balaban J connectivity index is 1.86. The molecule has 7 nitrogen and oxygen atoms in total. The molecule has 3 N–H and O–H groups in total. The number of nitrogen functional groups attached to an aromatic ring is 1. The quantitative estimate of drug-likeness (QED) is 0.630. The Hall–Kier alpha value is -1.63. The summed E-state index contributed by atoms with van der Waals surface area (Å²) in [6, 6.07) is 0.537. The molecule has 0 aromatic carbocycles. The van der Waals surface area contributed by atoms with Gasteiger partial charge in [-0.2, -0.15) is 15.0 Å². The van der Waals surface area contributed by atoms with Gasteiger partial charge in [0.2, 0.25) is 17.8 Å². The van der Waals surface area contributed by atoms with Crippen molar-refractivity contribution >= 4 is 17.8 Å². The third kappa shape index (κ3) is 2.63. The molecule has 7 heteroatoms. The van der Waals surface area contributed by atoms with E-state index in [2.05, 4.69) is 37.2 Å². The summed E-state index contributed by atoms with van der Waals surface area (Å²) in [5, 5.41) is 0. The predicted molar refractivity (Wildman–Crippen MR) is 79.7 cm³/mol. The van der Waals surface area contributed by atoms with Crippen molar-refractivity contribution in [3.05, 3.63) is 0 Å². The molecule has 0 spiro atoms. The number of anilines is 3. The van der Waals surface area contributed by atoms with Crippen molar-refractivity contribution in [3.8, 4) is 0 Å². The Morgan fingerprint density at radius 2 is 1.80 bits per heavy atom. The molecule has 1 saturated heterocycles. The van der Waals surface area contributed by atoms with E-state index in [1.54, 1.807) is 0 Å². The van der Waals surface area contributed by atoms with Crippen molar-refractivity contribution in [2.45, 2.75) is 44.6 Å². The van der Waals surface area contributed by atoms with Crippen LogP contribution in [0.3, 0.4) is 0 Å². The Kier molecular flexibility index (Phi) is 3.86. The van der Waals surface area contributed by atoms with E-state index in [4.69, 9.17) is 5.84 Å². The highest BCUT2D eigenvalue weighted by molar-refractivity contribution is 5.45. The van der Waals surface area contributed by atoms with Gasteiger partial charge in [0.15, 0.2) is 0 Å². The zero-order valence-corrected chi connectivity index (χ0v) is 12.0. The van der Waals surface area contributed by atoms with E-state index in [9.17, 15) is 0 Å². The Bertz CT molecular complexity index is 452. The summed E-state index contributed by atoms with van der Waals surface area (Å²) in [5.74, 6) is 7.41. The lowest BCUT2D eigenvalue weighted by atomic mass is 10.2. The van der Waals surface area contributed by atoms with E-state index in [1.807, 2.05) is 0 Å². The van der Waals surface area contributed by atoms with Crippen LogP contribution in [0.15, 0.2) is 0 Å². The number of hydrazine groups is 1. The fourth-order valence-corrected chi connectivity index (χ4v) is 3.09. The molecule has 2 fully saturated rings. The van der Waals surface area contributed by atoms with E-state index >= 15 is 0 Å². The van der Waals surface area contributed by atoms with Crippen LogP contribution in [-0.2, 0) is 0 Å². The summed E-state index contributed by atoms with van der Waals surface area (Å²) in [7, 11) is 2.07. The molecular formula is C13H23N7. The third-order valence-electron chi connectivity index (χ3n) is 4.32. The van der Waals surface area contributed by atoms with Gasteiger partial charge in [-0.25, -0.2) is 5.84 Å². The minimum Gasteiger partial charge on any atom is -0.341 e. The predicted octanol–water partition coefficient (Wildman–Crippen LogP) is 1.14. The van der Waals surface area contributed by atoms with Gasteiger partial charge >= 0.3 is 0 Å². The van der Waals surface area contributed by atoms with Crippen LogP contribution in [0.4, 0.5) is 17.8 Å². The molecular weight excluding hydrogens is 254 g/mol. The molecule has 20 heavy (non-hydrogen) atoms. The van der Waals surface area contributed by atoms with Gasteiger partial charge in [0, 0.05) is 26.2 Å². The highest BCUT2D eigenvalue weighted by Gasteiger charge is 2.24. The minimum atomic E-state index is 0.446. The highest BCUT2D eigenvalue weighted by Crippen LogP contribution is 2.26. The van der Waals surface area contributed by atoms with Gasteiger partial charge in [-0.3, -0.25) is 5.43 Å². The molecule has 1 aliphatic heterocycles. The molecule has 1 aromatic heterocycles. The average Bonchev–Trinajstić information content (AvgIpc) is 3.18. The van der Waals surface area contributed by atoms with E-state index in [0.717, 1.165) is 25.0 Å². The Morgan fingerprint density at radius 3 is 2.45 bits per heavy atom. The SMILES string of the molecule is CN(c1nc(NN)nc(N2CCCC2)n1)C1CCCC1. The van der Waals surface area contributed by atoms with E-state index in [1.165, 1.54) is 38.5 Å². The first-order chi connectivity index (χ1) is 9.78. The molecule has 1 aromatic rings. The van der Waals surface area contributed by atoms with Crippen molar-refractivity contribution in [1.29, 1.82) is 0 Å². The molecule has 0 radical (unpaired) electrons. The van der Waals surface area contributed by atoms with Crippen LogP contribution < -0.4 is 21.1 Å². The van der Waals surface area contributed by atoms with Crippen LogP contribution in [0, 0.1) is 0 Å². The van der Waals surface area contributed by atoms with Crippen LogP contribution >= 0.6 is 0 Å². The standard InChI is InChI=1S/C13H23N7/c1-19(10-6-2-3-7-10)12-15-11(18-14)16-13(17-12)20-8-4-5-9-20/h10H,2-9,14H2,1H3,(H,15,16,17,18). The maximum absolute atomic E-state index is 5.50. The number of nitrogens with zero attached hydrogens (tertiary/aromatic N) is 5. The summed E-state index contributed by atoms with van der Waals surface area (Å²) in [5.41, 5.74) is 2.56. The van der Waals surface area contributed by atoms with Crippen molar-refractivity contribution in [1.82, 2.24) is 15.0 Å². The molecule has 3 rings (SSSR count). The Morgan fingerprint density at radius 1 is 1.10 bits per heavy atom. The monoisotopic (exact) mass is 277 g/mol. The summed E-state index contributed by atoms with van der Waals surface area (Å²) >= 11 is 0. The van der Waals surface area contributed by atoms with Crippen molar-refractivity contribution in [2.75, 3.05) is 35.4 Å². The lowest BCUT2D eigenvalue weighted by Crippen LogP contribution is -2.32. The number of hydrogen-bond acceptors (Lipinski definition) is 7. The van der Waals surface area contributed by atoms with Gasteiger partial charge in [0.1, 0.15) is 0 Å². The fraction of sp³-hybridized carbons (Fsp3) is 0.769. The lowest BCUT2D eigenvalue weighted by molar-refractivity contribution is 0.636. The van der Waals surface area contributed by atoms with E-state index in [-0.39, 0.29) is 0 Å². The molecule has 0 atom stereocenters. The molecule has 2 aliphatic rings. The maximum atomic E-state index is 5.50. The molecule has 0 amide bonds. The molecule has 1 aliphatic carbocycles. The van der Waals surface area contributed by atoms with E-state index < -0.39 is 0 Å². The summed E-state index contributed by atoms with van der Waals surface area (Å²) in [4.78, 5) is 17.8. The van der Waals surface area contributed by atoms with Gasteiger partial charge in [-0.1, -0.05) is 12.8 Å². The van der Waals surface area contributed by atoms with Gasteiger partial charge in [-0.15, -0.1) is 0 Å². The van der Waals surface area contributed by atoms with Crippen molar-refractivity contribution in [2.24, 2.45) is 5.84 Å². The smallest absolute Gasteiger partial charge is 0.243 e. The van der Waals surface area contributed by atoms with E-state index in [0.29, 0.717) is 12.0 Å². The number of nitrogens with one attached hydrogen (secondary N) is 1. The summed E-state index contributed by atoms with van der Waals surface area (Å²) in [6.07, 6.45) is 7.41. The normalized spacial score (nSPS) is 19.6. The number of nitrogens with two attached hydrogens (primary N) is 1. The first-order valence-electron chi connectivity index (χ1n) is 7.48. The number of hydrogen-bond donors (Lipinski definition) is 2. The van der Waals surface area contributed by atoms with Gasteiger partial charge in [0.25, 0.3) is 0 Å². The Labute approximate surface area is 119 Å². The number of rotatable bonds is 4. The van der Waals surface area contributed by atoms with Crippen LogP contribution in [0.25, 0.3) is 0 Å². The van der Waals surface area contributed by atoms with Crippen LogP contribution in [0.2, 0.25) is 0 Å². The van der Waals surface area contributed by atoms with Crippen LogP contribution in [-0.4, -0.2) is 41.1 Å². The average molecular weight is 277 g/mol. The molecule has 110 valence electrons. The second-order valence-electron chi connectivity index (χ2n) is 5.65. The topological polar surface area (TPSA) is 83.2 Å². The third-order valence-corrected chi connectivity index (χ3v) is 4.32. The molecule has 1 saturated carbocycles. The zero-order chi connectivity index (χ0) is 13.9. The second kappa shape index (κ2) is 5.78. The largest absolute Gasteiger partial charge is 0.341 e.